The molecule has 0 amide bonds. The third-order valence-electron chi connectivity index (χ3n) is 2.93. The Morgan fingerprint density at radius 1 is 1.10 bits per heavy atom. The fourth-order valence-electron chi connectivity index (χ4n) is 1.87. The second-order valence-corrected chi connectivity index (χ2v) is 5.83. The minimum absolute atomic E-state index is 0.726. The Labute approximate surface area is 127 Å². The van der Waals surface area contributed by atoms with Crippen LogP contribution in [0.3, 0.4) is 0 Å². The lowest BCUT2D eigenvalue weighted by molar-refractivity contribution is 1.38. The van der Waals surface area contributed by atoms with Gasteiger partial charge in [0, 0.05) is 21.7 Å². The Morgan fingerprint density at radius 3 is 2.65 bits per heavy atom. The zero-order valence-electron chi connectivity index (χ0n) is 10.9. The standard InChI is InChI=1S/C16H13ClN2S/c1-11-5-7-14(8-6-11)18-16-19-15(10-20-16)12-3-2-4-13(17)9-12/h2-10H,1H3,(H,18,19). The van der Waals surface area contributed by atoms with Gasteiger partial charge in [0.2, 0.25) is 0 Å². The molecular weight excluding hydrogens is 288 g/mol. The van der Waals surface area contributed by atoms with E-state index in [1.807, 2.05) is 29.6 Å². The van der Waals surface area contributed by atoms with Crippen molar-refractivity contribution >= 4 is 33.8 Å². The molecule has 1 aromatic heterocycles. The van der Waals surface area contributed by atoms with Gasteiger partial charge in [-0.2, -0.15) is 0 Å². The Balaban J connectivity index is 1.82. The van der Waals surface area contributed by atoms with Gasteiger partial charge in [0.1, 0.15) is 0 Å². The van der Waals surface area contributed by atoms with Crippen molar-refractivity contribution in [1.29, 1.82) is 0 Å². The first-order valence-corrected chi connectivity index (χ1v) is 7.52. The van der Waals surface area contributed by atoms with E-state index in [1.165, 1.54) is 5.56 Å². The fourth-order valence-corrected chi connectivity index (χ4v) is 2.80. The van der Waals surface area contributed by atoms with Crippen molar-refractivity contribution in [3.05, 3.63) is 64.5 Å². The molecule has 0 radical (unpaired) electrons. The average molecular weight is 301 g/mol. The van der Waals surface area contributed by atoms with Gasteiger partial charge in [0.05, 0.1) is 5.69 Å². The van der Waals surface area contributed by atoms with Crippen LogP contribution >= 0.6 is 22.9 Å². The molecular formula is C16H13ClN2S. The SMILES string of the molecule is Cc1ccc(Nc2nc(-c3cccc(Cl)c3)cs2)cc1. The molecule has 0 aliphatic carbocycles. The summed E-state index contributed by atoms with van der Waals surface area (Å²) in [5.41, 5.74) is 4.26. The molecule has 0 saturated heterocycles. The number of anilines is 2. The number of hydrogen-bond acceptors (Lipinski definition) is 3. The van der Waals surface area contributed by atoms with Gasteiger partial charge in [-0.3, -0.25) is 0 Å². The zero-order chi connectivity index (χ0) is 13.9. The van der Waals surface area contributed by atoms with Crippen LogP contribution in [0.5, 0.6) is 0 Å². The maximum atomic E-state index is 6.01. The molecule has 2 nitrogen and oxygen atoms in total. The molecule has 0 aliphatic heterocycles. The molecule has 1 N–H and O–H groups in total. The summed E-state index contributed by atoms with van der Waals surface area (Å²) < 4.78 is 0. The van der Waals surface area contributed by atoms with Crippen molar-refractivity contribution in [2.75, 3.05) is 5.32 Å². The van der Waals surface area contributed by atoms with Crippen molar-refractivity contribution < 1.29 is 0 Å². The molecule has 3 rings (SSSR count). The zero-order valence-corrected chi connectivity index (χ0v) is 12.5. The summed E-state index contributed by atoms with van der Waals surface area (Å²) in [7, 11) is 0. The molecule has 3 aromatic rings. The van der Waals surface area contributed by atoms with Crippen molar-refractivity contribution in [1.82, 2.24) is 4.98 Å². The van der Waals surface area contributed by atoms with Crippen LogP contribution in [-0.4, -0.2) is 4.98 Å². The van der Waals surface area contributed by atoms with Gasteiger partial charge < -0.3 is 5.32 Å². The second-order valence-electron chi connectivity index (χ2n) is 4.54. The first-order valence-electron chi connectivity index (χ1n) is 6.26. The van der Waals surface area contributed by atoms with Crippen LogP contribution in [0, 0.1) is 6.92 Å². The number of aryl methyl sites for hydroxylation is 1. The van der Waals surface area contributed by atoms with Gasteiger partial charge in [-0.1, -0.05) is 41.4 Å². The predicted molar refractivity (Wildman–Crippen MR) is 87.0 cm³/mol. The van der Waals surface area contributed by atoms with E-state index in [4.69, 9.17) is 11.6 Å². The van der Waals surface area contributed by atoms with Gasteiger partial charge in [0.15, 0.2) is 5.13 Å². The second kappa shape index (κ2) is 5.65. The van der Waals surface area contributed by atoms with Crippen molar-refractivity contribution in [3.8, 4) is 11.3 Å². The van der Waals surface area contributed by atoms with E-state index >= 15 is 0 Å². The summed E-state index contributed by atoms with van der Waals surface area (Å²) in [6.45, 7) is 2.07. The van der Waals surface area contributed by atoms with Gasteiger partial charge >= 0.3 is 0 Å². The molecule has 4 heteroatoms. The highest BCUT2D eigenvalue weighted by Gasteiger charge is 2.05. The van der Waals surface area contributed by atoms with Crippen molar-refractivity contribution in [2.24, 2.45) is 0 Å². The van der Waals surface area contributed by atoms with Crippen LogP contribution < -0.4 is 5.32 Å². The van der Waals surface area contributed by atoms with E-state index in [0.717, 1.165) is 27.1 Å². The summed E-state index contributed by atoms with van der Waals surface area (Å²) in [6.07, 6.45) is 0. The quantitative estimate of drug-likeness (QED) is 0.689. The molecule has 100 valence electrons. The van der Waals surface area contributed by atoms with Crippen molar-refractivity contribution in [3.63, 3.8) is 0 Å². The number of nitrogens with zero attached hydrogens (tertiary/aromatic N) is 1. The first-order chi connectivity index (χ1) is 9.70. The average Bonchev–Trinajstić information content (AvgIpc) is 2.90. The van der Waals surface area contributed by atoms with E-state index in [-0.39, 0.29) is 0 Å². The molecule has 0 spiro atoms. The normalized spacial score (nSPS) is 10.5. The summed E-state index contributed by atoms with van der Waals surface area (Å²) in [6, 6.07) is 16.0. The topological polar surface area (TPSA) is 24.9 Å². The number of hydrogen-bond donors (Lipinski definition) is 1. The summed E-state index contributed by atoms with van der Waals surface area (Å²) in [4.78, 5) is 4.59. The maximum Gasteiger partial charge on any atom is 0.187 e. The van der Waals surface area contributed by atoms with E-state index in [0.29, 0.717) is 0 Å². The Hall–Kier alpha value is -1.84. The largest absolute Gasteiger partial charge is 0.332 e. The third kappa shape index (κ3) is 3.00. The molecule has 0 aliphatic rings. The minimum Gasteiger partial charge on any atom is -0.332 e. The molecule has 0 bridgehead atoms. The first kappa shape index (κ1) is 13.2. The summed E-state index contributed by atoms with van der Waals surface area (Å²) >= 11 is 7.59. The molecule has 2 aromatic carbocycles. The predicted octanol–water partition coefficient (Wildman–Crippen LogP) is 5.52. The number of aromatic nitrogens is 1. The summed E-state index contributed by atoms with van der Waals surface area (Å²) in [5.74, 6) is 0. The lowest BCUT2D eigenvalue weighted by Gasteiger charge is -2.02. The highest BCUT2D eigenvalue weighted by Crippen LogP contribution is 2.28. The Kier molecular flexibility index (Phi) is 3.72. The third-order valence-corrected chi connectivity index (χ3v) is 3.92. The molecule has 0 fully saturated rings. The van der Waals surface area contributed by atoms with Crippen LogP contribution in [0.1, 0.15) is 5.56 Å². The molecule has 20 heavy (non-hydrogen) atoms. The lowest BCUT2D eigenvalue weighted by atomic mass is 10.2. The Morgan fingerprint density at radius 2 is 1.90 bits per heavy atom. The number of thiazole rings is 1. The van der Waals surface area contributed by atoms with E-state index < -0.39 is 0 Å². The smallest absolute Gasteiger partial charge is 0.187 e. The minimum atomic E-state index is 0.726. The number of benzene rings is 2. The van der Waals surface area contributed by atoms with Gasteiger partial charge in [-0.15, -0.1) is 11.3 Å². The number of nitrogens with one attached hydrogen (secondary N) is 1. The van der Waals surface area contributed by atoms with E-state index in [9.17, 15) is 0 Å². The van der Waals surface area contributed by atoms with Gasteiger partial charge in [0.25, 0.3) is 0 Å². The number of halogens is 1. The highest BCUT2D eigenvalue weighted by atomic mass is 35.5. The maximum absolute atomic E-state index is 6.01. The van der Waals surface area contributed by atoms with Crippen LogP contribution in [0.25, 0.3) is 11.3 Å². The molecule has 0 atom stereocenters. The lowest BCUT2D eigenvalue weighted by Crippen LogP contribution is -1.89. The number of rotatable bonds is 3. The molecule has 1 heterocycles. The monoisotopic (exact) mass is 300 g/mol. The van der Waals surface area contributed by atoms with Crippen LogP contribution in [0.15, 0.2) is 53.9 Å². The van der Waals surface area contributed by atoms with Crippen LogP contribution in [-0.2, 0) is 0 Å². The van der Waals surface area contributed by atoms with Gasteiger partial charge in [-0.25, -0.2) is 4.98 Å². The fraction of sp³-hybridized carbons (Fsp3) is 0.0625. The highest BCUT2D eigenvalue weighted by molar-refractivity contribution is 7.14. The van der Waals surface area contributed by atoms with Crippen LogP contribution in [0.4, 0.5) is 10.8 Å². The van der Waals surface area contributed by atoms with E-state index in [1.54, 1.807) is 11.3 Å². The van der Waals surface area contributed by atoms with E-state index in [2.05, 4.69) is 41.5 Å². The summed E-state index contributed by atoms with van der Waals surface area (Å²) in [5, 5.41) is 6.94. The molecule has 0 saturated carbocycles. The molecule has 0 unspecified atom stereocenters. The van der Waals surface area contributed by atoms with Gasteiger partial charge in [-0.05, 0) is 31.2 Å². The Bertz CT molecular complexity index is 719. The van der Waals surface area contributed by atoms with Crippen molar-refractivity contribution in [2.45, 2.75) is 6.92 Å². The van der Waals surface area contributed by atoms with Crippen LogP contribution in [0.2, 0.25) is 5.02 Å².